The van der Waals surface area contributed by atoms with Gasteiger partial charge in [-0.3, -0.25) is 4.79 Å². The number of carboxylic acid groups (broad SMARTS) is 1. The van der Waals surface area contributed by atoms with E-state index >= 15 is 0 Å². The van der Waals surface area contributed by atoms with Crippen LogP contribution in [0.1, 0.15) is 41.5 Å². The number of carbonyl (C=O) groups is 2. The molecule has 0 atom stereocenters. The van der Waals surface area contributed by atoms with E-state index in [4.69, 9.17) is 5.11 Å². The number of benzene rings is 1. The van der Waals surface area contributed by atoms with Gasteiger partial charge in [-0.05, 0) is 39.0 Å². The van der Waals surface area contributed by atoms with Gasteiger partial charge in [0, 0.05) is 22.6 Å². The van der Waals surface area contributed by atoms with Crippen molar-refractivity contribution in [1.29, 1.82) is 0 Å². The molecule has 0 saturated heterocycles. The molecule has 0 aromatic heterocycles. The second kappa shape index (κ2) is 6.00. The van der Waals surface area contributed by atoms with E-state index in [1.54, 1.807) is 11.0 Å². The maximum atomic E-state index is 12.3. The Morgan fingerprint density at radius 2 is 1.83 bits per heavy atom. The molecule has 0 bridgehead atoms. The molecule has 5 heteroatoms. The van der Waals surface area contributed by atoms with Crippen molar-refractivity contribution in [1.82, 2.24) is 4.90 Å². The van der Waals surface area contributed by atoms with Crippen LogP contribution in [0.2, 0.25) is 0 Å². The first-order chi connectivity index (χ1) is 8.36. The van der Waals surface area contributed by atoms with Crippen LogP contribution in [0.15, 0.2) is 22.7 Å². The molecule has 0 heterocycles. The highest BCUT2D eigenvalue weighted by atomic mass is 79.9. The summed E-state index contributed by atoms with van der Waals surface area (Å²) in [5, 5.41) is 8.97. The van der Waals surface area contributed by atoms with Gasteiger partial charge in [0.05, 0.1) is 5.56 Å². The van der Waals surface area contributed by atoms with Gasteiger partial charge in [-0.2, -0.15) is 0 Å². The van der Waals surface area contributed by atoms with Crippen molar-refractivity contribution in [3.8, 4) is 0 Å². The number of carboxylic acids is 1. The van der Waals surface area contributed by atoms with E-state index in [1.165, 1.54) is 12.1 Å². The molecule has 0 aliphatic carbocycles. The van der Waals surface area contributed by atoms with Gasteiger partial charge in [-0.1, -0.05) is 15.9 Å². The van der Waals surface area contributed by atoms with Gasteiger partial charge in [0.1, 0.15) is 0 Å². The molecule has 0 fully saturated rings. The van der Waals surface area contributed by atoms with E-state index in [0.29, 0.717) is 16.6 Å². The van der Waals surface area contributed by atoms with Crippen molar-refractivity contribution in [2.45, 2.75) is 26.8 Å². The molecule has 0 unspecified atom stereocenters. The SMILES string of the molecule is CCN(C(=O)c1cc(Br)cc(C(=O)O)c1)C(C)C. The van der Waals surface area contributed by atoms with Gasteiger partial charge in [0.25, 0.3) is 5.91 Å². The maximum absolute atomic E-state index is 12.3. The molecule has 18 heavy (non-hydrogen) atoms. The first kappa shape index (κ1) is 14.7. The minimum Gasteiger partial charge on any atom is -0.478 e. The predicted molar refractivity (Wildman–Crippen MR) is 72.9 cm³/mol. The van der Waals surface area contributed by atoms with Crippen molar-refractivity contribution in [2.75, 3.05) is 6.54 Å². The lowest BCUT2D eigenvalue weighted by molar-refractivity contribution is 0.0697. The molecular formula is C13H16BrNO3. The molecule has 1 aromatic rings. The highest BCUT2D eigenvalue weighted by Gasteiger charge is 2.18. The average Bonchev–Trinajstić information content (AvgIpc) is 2.28. The van der Waals surface area contributed by atoms with Crippen LogP contribution < -0.4 is 0 Å². The van der Waals surface area contributed by atoms with Crippen LogP contribution in [0.25, 0.3) is 0 Å². The minimum absolute atomic E-state index is 0.0785. The second-order valence-corrected chi connectivity index (χ2v) is 5.13. The van der Waals surface area contributed by atoms with E-state index < -0.39 is 5.97 Å². The van der Waals surface area contributed by atoms with Crippen LogP contribution in [-0.2, 0) is 0 Å². The van der Waals surface area contributed by atoms with Gasteiger partial charge in [-0.15, -0.1) is 0 Å². The standard InChI is InChI=1S/C13H16BrNO3/c1-4-15(8(2)3)12(16)9-5-10(13(17)18)7-11(14)6-9/h5-8H,4H2,1-3H3,(H,17,18). The molecule has 0 saturated carbocycles. The van der Waals surface area contributed by atoms with Crippen molar-refractivity contribution < 1.29 is 14.7 Å². The van der Waals surface area contributed by atoms with Crippen molar-refractivity contribution in [2.24, 2.45) is 0 Å². The summed E-state index contributed by atoms with van der Waals surface area (Å²) in [7, 11) is 0. The summed E-state index contributed by atoms with van der Waals surface area (Å²) < 4.78 is 0.588. The Bertz CT molecular complexity index is 471. The number of hydrogen-bond donors (Lipinski definition) is 1. The van der Waals surface area contributed by atoms with Crippen molar-refractivity contribution in [3.05, 3.63) is 33.8 Å². The number of rotatable bonds is 4. The smallest absolute Gasteiger partial charge is 0.335 e. The number of carbonyl (C=O) groups excluding carboxylic acids is 1. The summed E-state index contributed by atoms with van der Waals surface area (Å²) >= 11 is 3.22. The Morgan fingerprint density at radius 1 is 1.28 bits per heavy atom. The molecule has 98 valence electrons. The van der Waals surface area contributed by atoms with Gasteiger partial charge in [0.15, 0.2) is 0 Å². The fourth-order valence-corrected chi connectivity index (χ4v) is 2.24. The molecular weight excluding hydrogens is 298 g/mol. The average molecular weight is 314 g/mol. The van der Waals surface area contributed by atoms with Crippen molar-refractivity contribution in [3.63, 3.8) is 0 Å². The van der Waals surface area contributed by atoms with Gasteiger partial charge >= 0.3 is 5.97 Å². The Morgan fingerprint density at radius 3 is 2.28 bits per heavy atom. The fraction of sp³-hybridized carbons (Fsp3) is 0.385. The number of amides is 1. The first-order valence-electron chi connectivity index (χ1n) is 5.71. The van der Waals surface area contributed by atoms with Gasteiger partial charge in [0.2, 0.25) is 0 Å². The lowest BCUT2D eigenvalue weighted by atomic mass is 10.1. The monoisotopic (exact) mass is 313 g/mol. The Hall–Kier alpha value is -1.36. The molecule has 1 rings (SSSR count). The lowest BCUT2D eigenvalue weighted by Crippen LogP contribution is -2.36. The summed E-state index contributed by atoms with van der Waals surface area (Å²) in [6.07, 6.45) is 0. The topological polar surface area (TPSA) is 57.6 Å². The summed E-state index contributed by atoms with van der Waals surface area (Å²) in [4.78, 5) is 24.9. The quantitative estimate of drug-likeness (QED) is 0.929. The molecule has 0 spiro atoms. The van der Waals surface area contributed by atoms with E-state index in [0.717, 1.165) is 0 Å². The zero-order valence-electron chi connectivity index (χ0n) is 10.6. The van der Waals surface area contributed by atoms with Crippen LogP contribution >= 0.6 is 15.9 Å². The number of nitrogens with zero attached hydrogens (tertiary/aromatic N) is 1. The maximum Gasteiger partial charge on any atom is 0.335 e. The van der Waals surface area contributed by atoms with Gasteiger partial charge < -0.3 is 10.0 Å². The Kier molecular flexibility index (Phi) is 4.90. The van der Waals surface area contributed by atoms with Crippen LogP contribution in [0, 0.1) is 0 Å². The fourth-order valence-electron chi connectivity index (χ4n) is 1.75. The molecule has 0 radical (unpaired) electrons. The normalized spacial score (nSPS) is 10.5. The zero-order valence-corrected chi connectivity index (χ0v) is 12.2. The third-order valence-electron chi connectivity index (χ3n) is 2.62. The first-order valence-corrected chi connectivity index (χ1v) is 6.51. The second-order valence-electron chi connectivity index (χ2n) is 4.22. The summed E-state index contributed by atoms with van der Waals surface area (Å²) in [5.41, 5.74) is 0.491. The highest BCUT2D eigenvalue weighted by molar-refractivity contribution is 9.10. The Labute approximate surface area is 115 Å². The highest BCUT2D eigenvalue weighted by Crippen LogP contribution is 2.18. The minimum atomic E-state index is -1.04. The van der Waals surface area contributed by atoms with E-state index in [9.17, 15) is 9.59 Å². The summed E-state index contributed by atoms with van der Waals surface area (Å²) in [6.45, 7) is 6.34. The number of halogens is 1. The Balaban J connectivity index is 3.16. The van der Waals surface area contributed by atoms with Gasteiger partial charge in [-0.25, -0.2) is 4.79 Å². The third-order valence-corrected chi connectivity index (χ3v) is 3.07. The van der Waals surface area contributed by atoms with Crippen LogP contribution in [0.3, 0.4) is 0 Å². The van der Waals surface area contributed by atoms with Crippen molar-refractivity contribution >= 4 is 27.8 Å². The molecule has 0 aliphatic heterocycles. The van der Waals surface area contributed by atoms with Crippen LogP contribution in [0.4, 0.5) is 0 Å². The molecule has 0 aliphatic rings. The van der Waals surface area contributed by atoms with Crippen LogP contribution in [-0.4, -0.2) is 34.5 Å². The zero-order chi connectivity index (χ0) is 13.9. The van der Waals surface area contributed by atoms with E-state index in [1.807, 2.05) is 20.8 Å². The third kappa shape index (κ3) is 3.32. The van der Waals surface area contributed by atoms with E-state index in [2.05, 4.69) is 15.9 Å². The molecule has 1 amide bonds. The number of hydrogen-bond acceptors (Lipinski definition) is 2. The van der Waals surface area contributed by atoms with Crippen LogP contribution in [0.5, 0.6) is 0 Å². The molecule has 1 aromatic carbocycles. The van der Waals surface area contributed by atoms with E-state index in [-0.39, 0.29) is 17.5 Å². The predicted octanol–water partition coefficient (Wildman–Crippen LogP) is 3.02. The molecule has 4 nitrogen and oxygen atoms in total. The lowest BCUT2D eigenvalue weighted by Gasteiger charge is -2.25. The number of aromatic carboxylic acids is 1. The summed E-state index contributed by atoms with van der Waals surface area (Å²) in [5.74, 6) is -1.20. The summed E-state index contributed by atoms with van der Waals surface area (Å²) in [6, 6.07) is 4.60. The largest absolute Gasteiger partial charge is 0.478 e. The molecule has 1 N–H and O–H groups in total.